The van der Waals surface area contributed by atoms with E-state index >= 15 is 0 Å². The Morgan fingerprint density at radius 1 is 1.24 bits per heavy atom. The van der Waals surface area contributed by atoms with E-state index in [1.165, 1.54) is 31.5 Å². The van der Waals surface area contributed by atoms with E-state index in [0.717, 1.165) is 6.07 Å². The Labute approximate surface area is 166 Å². The number of hydrogen-bond acceptors (Lipinski definition) is 5. The van der Waals surface area contributed by atoms with E-state index in [1.54, 1.807) is 6.92 Å². The van der Waals surface area contributed by atoms with Crippen molar-refractivity contribution in [2.75, 3.05) is 12.4 Å². The average Bonchev–Trinajstić information content (AvgIpc) is 2.99. The van der Waals surface area contributed by atoms with Gasteiger partial charge in [-0.05, 0) is 31.0 Å². The van der Waals surface area contributed by atoms with E-state index in [2.05, 4.69) is 10.3 Å². The molecule has 0 unspecified atom stereocenters. The molecule has 1 fully saturated rings. The van der Waals surface area contributed by atoms with Crippen LogP contribution < -0.4 is 15.8 Å². The summed E-state index contributed by atoms with van der Waals surface area (Å²) in [5.41, 5.74) is 5.86. The van der Waals surface area contributed by atoms with Crippen molar-refractivity contribution in [3.8, 4) is 5.75 Å². The number of halogens is 2. The van der Waals surface area contributed by atoms with Crippen LogP contribution in [0.5, 0.6) is 5.75 Å². The fraction of sp³-hybridized carbons (Fsp3) is 0.350. The molecule has 1 saturated heterocycles. The first-order valence-electron chi connectivity index (χ1n) is 8.98. The number of ether oxygens (including phenoxy) is 2. The first-order chi connectivity index (χ1) is 13.7. The fourth-order valence-corrected chi connectivity index (χ4v) is 3.55. The van der Waals surface area contributed by atoms with Gasteiger partial charge in [-0.3, -0.25) is 14.6 Å². The van der Waals surface area contributed by atoms with Crippen LogP contribution in [-0.2, 0) is 9.53 Å². The number of nitrogens with zero attached hydrogens (tertiary/aromatic N) is 1. The van der Waals surface area contributed by atoms with Gasteiger partial charge in [-0.2, -0.15) is 4.39 Å². The van der Waals surface area contributed by atoms with E-state index in [0.29, 0.717) is 11.3 Å². The smallest absolute Gasteiger partial charge is 0.267 e. The Morgan fingerprint density at radius 2 is 1.97 bits per heavy atom. The van der Waals surface area contributed by atoms with Gasteiger partial charge in [-0.15, -0.1) is 0 Å². The van der Waals surface area contributed by atoms with Crippen LogP contribution in [0, 0.1) is 17.6 Å². The van der Waals surface area contributed by atoms with Gasteiger partial charge in [0.05, 0.1) is 13.2 Å². The van der Waals surface area contributed by atoms with Gasteiger partial charge in [0.25, 0.3) is 11.8 Å². The number of methoxy groups -OCH3 is 1. The summed E-state index contributed by atoms with van der Waals surface area (Å²) in [5.74, 6) is -4.39. The number of amides is 2. The number of benzene rings is 1. The molecule has 9 heteroatoms. The first-order valence-corrected chi connectivity index (χ1v) is 8.98. The summed E-state index contributed by atoms with van der Waals surface area (Å²) in [6.07, 6.45) is 0.0444. The van der Waals surface area contributed by atoms with Gasteiger partial charge in [-0.1, -0.05) is 13.0 Å². The number of aromatic nitrogens is 1. The van der Waals surface area contributed by atoms with Crippen LogP contribution in [0.4, 0.5) is 14.5 Å². The number of rotatable bonds is 5. The molecule has 29 heavy (non-hydrogen) atoms. The Kier molecular flexibility index (Phi) is 5.78. The van der Waals surface area contributed by atoms with E-state index < -0.39 is 35.5 Å². The van der Waals surface area contributed by atoms with Crippen LogP contribution in [0.25, 0.3) is 0 Å². The lowest BCUT2D eigenvalue weighted by Crippen LogP contribution is -2.33. The summed E-state index contributed by atoms with van der Waals surface area (Å²) in [7, 11) is 1.24. The molecule has 3 rings (SSSR count). The molecule has 154 valence electrons. The third kappa shape index (κ3) is 3.91. The molecule has 4 atom stereocenters. The van der Waals surface area contributed by atoms with Gasteiger partial charge in [0.15, 0.2) is 11.6 Å². The third-order valence-corrected chi connectivity index (χ3v) is 5.18. The molecule has 1 aromatic carbocycles. The summed E-state index contributed by atoms with van der Waals surface area (Å²) in [4.78, 5) is 28.1. The SMILES string of the molecule is COc1c([C@H]2[C@H](C)[C@H](C)O[C@@H]2C(=O)Nc2ccnc(C(N)=O)c2)ccc(F)c1F. The van der Waals surface area contributed by atoms with Crippen LogP contribution in [0.15, 0.2) is 30.5 Å². The van der Waals surface area contributed by atoms with Crippen LogP contribution in [0.1, 0.15) is 35.8 Å². The van der Waals surface area contributed by atoms with Gasteiger partial charge in [0.1, 0.15) is 11.8 Å². The number of anilines is 1. The zero-order valence-electron chi connectivity index (χ0n) is 16.1. The zero-order valence-corrected chi connectivity index (χ0v) is 16.1. The van der Waals surface area contributed by atoms with Gasteiger partial charge in [0.2, 0.25) is 5.82 Å². The molecule has 0 bridgehead atoms. The molecule has 2 heterocycles. The maximum atomic E-state index is 14.2. The largest absolute Gasteiger partial charge is 0.493 e. The highest BCUT2D eigenvalue weighted by molar-refractivity contribution is 5.97. The van der Waals surface area contributed by atoms with Crippen molar-refractivity contribution < 1.29 is 27.8 Å². The molecule has 1 aliphatic heterocycles. The molecule has 7 nitrogen and oxygen atoms in total. The zero-order chi connectivity index (χ0) is 21.3. The van der Waals surface area contributed by atoms with Crippen molar-refractivity contribution in [3.05, 3.63) is 53.4 Å². The summed E-state index contributed by atoms with van der Waals surface area (Å²) < 4.78 is 38.8. The summed E-state index contributed by atoms with van der Waals surface area (Å²) in [6, 6.07) is 5.24. The minimum atomic E-state index is -1.11. The lowest BCUT2D eigenvalue weighted by Gasteiger charge is -2.23. The second-order valence-electron chi connectivity index (χ2n) is 6.91. The van der Waals surface area contributed by atoms with Crippen LogP contribution in [-0.4, -0.2) is 36.1 Å². The molecule has 0 aliphatic carbocycles. The highest BCUT2D eigenvalue weighted by Gasteiger charge is 2.46. The predicted octanol–water partition coefficient (Wildman–Crippen LogP) is 2.61. The maximum Gasteiger partial charge on any atom is 0.267 e. The number of nitrogens with two attached hydrogens (primary N) is 1. The maximum absolute atomic E-state index is 14.2. The second-order valence-corrected chi connectivity index (χ2v) is 6.91. The average molecular weight is 405 g/mol. The minimum absolute atomic E-state index is 0.00398. The molecule has 0 saturated carbocycles. The van der Waals surface area contributed by atoms with Gasteiger partial charge in [-0.25, -0.2) is 4.39 Å². The van der Waals surface area contributed by atoms with Crippen molar-refractivity contribution in [3.63, 3.8) is 0 Å². The van der Waals surface area contributed by atoms with Crippen LogP contribution in [0.2, 0.25) is 0 Å². The first kappa shape index (κ1) is 20.7. The van der Waals surface area contributed by atoms with Gasteiger partial charge in [0, 0.05) is 23.4 Å². The van der Waals surface area contributed by atoms with Crippen LogP contribution in [0.3, 0.4) is 0 Å². The van der Waals surface area contributed by atoms with E-state index in [9.17, 15) is 18.4 Å². The van der Waals surface area contributed by atoms with Gasteiger partial charge < -0.3 is 20.5 Å². The summed E-state index contributed by atoms with van der Waals surface area (Å²) in [5, 5.41) is 2.66. The summed E-state index contributed by atoms with van der Waals surface area (Å²) >= 11 is 0. The monoisotopic (exact) mass is 405 g/mol. The van der Waals surface area contributed by atoms with Crippen molar-refractivity contribution in [2.24, 2.45) is 11.7 Å². The van der Waals surface area contributed by atoms with E-state index in [1.807, 2.05) is 6.92 Å². The highest BCUT2D eigenvalue weighted by Crippen LogP contribution is 2.44. The molecule has 1 aromatic heterocycles. The normalized spacial score (nSPS) is 23.6. The molecular formula is C20H21F2N3O4. The molecule has 0 radical (unpaired) electrons. The molecule has 3 N–H and O–H groups in total. The second kappa shape index (κ2) is 8.12. The van der Waals surface area contributed by atoms with Crippen molar-refractivity contribution in [1.29, 1.82) is 0 Å². The van der Waals surface area contributed by atoms with Crippen LogP contribution >= 0.6 is 0 Å². The molecule has 1 aliphatic rings. The van der Waals surface area contributed by atoms with E-state index in [4.69, 9.17) is 15.2 Å². The minimum Gasteiger partial charge on any atom is -0.493 e. The highest BCUT2D eigenvalue weighted by atomic mass is 19.2. The topological polar surface area (TPSA) is 104 Å². The molecular weight excluding hydrogens is 384 g/mol. The van der Waals surface area contributed by atoms with Gasteiger partial charge >= 0.3 is 0 Å². The number of primary amides is 1. The standard InChI is InChI=1S/C20H21F2N3O4/c1-9-10(2)29-18(15(9)12-4-5-13(21)16(22)17(12)28-3)20(27)25-11-6-7-24-14(8-11)19(23)26/h4-10,15,18H,1-3H3,(H2,23,26)(H,24,25,27)/t9-,10+,15-,18+/m1/s1. The molecule has 2 amide bonds. The lowest BCUT2D eigenvalue weighted by molar-refractivity contribution is -0.127. The fourth-order valence-electron chi connectivity index (χ4n) is 3.55. The molecule has 0 spiro atoms. The number of hydrogen-bond donors (Lipinski definition) is 2. The number of carbonyl (C=O) groups excluding carboxylic acids is 2. The number of carbonyl (C=O) groups is 2. The third-order valence-electron chi connectivity index (χ3n) is 5.18. The Hall–Kier alpha value is -3.07. The quantitative estimate of drug-likeness (QED) is 0.796. The number of nitrogens with one attached hydrogen (secondary N) is 1. The summed E-state index contributed by atoms with van der Waals surface area (Å²) in [6.45, 7) is 3.66. The van der Waals surface area contributed by atoms with Crippen molar-refractivity contribution >= 4 is 17.5 Å². The Morgan fingerprint density at radius 3 is 2.62 bits per heavy atom. The Balaban J connectivity index is 1.94. The van der Waals surface area contributed by atoms with E-state index in [-0.39, 0.29) is 23.5 Å². The molecule has 2 aromatic rings. The lowest BCUT2D eigenvalue weighted by atomic mass is 9.82. The Bertz CT molecular complexity index is 953. The van der Waals surface area contributed by atoms with Crippen molar-refractivity contribution in [1.82, 2.24) is 4.98 Å². The van der Waals surface area contributed by atoms with Crippen molar-refractivity contribution in [2.45, 2.75) is 32.0 Å². The predicted molar refractivity (Wildman–Crippen MR) is 101 cm³/mol. The number of pyridine rings is 1.